The van der Waals surface area contributed by atoms with Crippen molar-refractivity contribution in [2.75, 3.05) is 19.8 Å². The number of ether oxygens (including phenoxy) is 3. The number of esters is 1. The van der Waals surface area contributed by atoms with Crippen molar-refractivity contribution in [1.29, 1.82) is 0 Å². The van der Waals surface area contributed by atoms with Crippen molar-refractivity contribution in [3.05, 3.63) is 47.4 Å². The molecule has 0 aromatic heterocycles. The summed E-state index contributed by atoms with van der Waals surface area (Å²) in [4.78, 5) is 19.4. The summed E-state index contributed by atoms with van der Waals surface area (Å²) < 4.78 is 17.8. The fourth-order valence-corrected chi connectivity index (χ4v) is 3.98. The Kier molecular flexibility index (Phi) is 7.01. The average Bonchev–Trinajstić information content (AvgIpc) is 3.06. The van der Waals surface area contributed by atoms with Crippen molar-refractivity contribution in [1.82, 2.24) is 5.06 Å². The van der Waals surface area contributed by atoms with Gasteiger partial charge in [0.2, 0.25) is 0 Å². The minimum absolute atomic E-state index is 0.0376. The van der Waals surface area contributed by atoms with E-state index in [1.807, 2.05) is 51.1 Å². The van der Waals surface area contributed by atoms with Crippen LogP contribution in [0.5, 0.6) is 0 Å². The molecule has 0 saturated carbocycles. The highest BCUT2D eigenvalue weighted by Crippen LogP contribution is 2.40. The molecule has 31 heavy (non-hydrogen) atoms. The highest BCUT2D eigenvalue weighted by molar-refractivity contribution is 5.78. The zero-order valence-electron chi connectivity index (χ0n) is 19.9. The monoisotopic (exact) mass is 431 g/mol. The maximum atomic E-state index is 13.3. The summed E-state index contributed by atoms with van der Waals surface area (Å²) in [5.41, 5.74) is 1.39. The maximum absolute atomic E-state index is 13.3. The summed E-state index contributed by atoms with van der Waals surface area (Å²) in [6.45, 7) is 16.1. The summed E-state index contributed by atoms with van der Waals surface area (Å²) in [5.74, 6) is 0.303. The Bertz CT molecular complexity index is 782. The first-order chi connectivity index (χ1) is 14.5. The summed E-state index contributed by atoms with van der Waals surface area (Å²) in [7, 11) is 0. The quantitative estimate of drug-likeness (QED) is 0.630. The van der Waals surface area contributed by atoms with E-state index in [4.69, 9.17) is 19.0 Å². The zero-order valence-corrected chi connectivity index (χ0v) is 19.9. The number of hydroxylamine groups is 2. The Morgan fingerprint density at radius 2 is 1.77 bits per heavy atom. The molecule has 1 aromatic rings. The second-order valence-electron chi connectivity index (χ2n) is 10.6. The smallest absolute Gasteiger partial charge is 0.326 e. The van der Waals surface area contributed by atoms with Crippen LogP contribution in [0, 0.1) is 17.3 Å². The lowest BCUT2D eigenvalue weighted by Gasteiger charge is -2.33. The molecule has 2 aliphatic heterocycles. The lowest BCUT2D eigenvalue weighted by molar-refractivity contribution is -0.206. The van der Waals surface area contributed by atoms with Crippen molar-refractivity contribution < 1.29 is 23.8 Å². The number of carbonyl (C=O) groups is 1. The number of benzene rings is 1. The van der Waals surface area contributed by atoms with Gasteiger partial charge in [-0.15, -0.1) is 0 Å². The van der Waals surface area contributed by atoms with Gasteiger partial charge in [0.1, 0.15) is 11.6 Å². The Labute approximate surface area is 186 Å². The first kappa shape index (κ1) is 23.6. The summed E-state index contributed by atoms with van der Waals surface area (Å²) in [5, 5.41) is 1.75. The van der Waals surface area contributed by atoms with Gasteiger partial charge in [0.05, 0.1) is 26.4 Å². The van der Waals surface area contributed by atoms with Crippen molar-refractivity contribution in [2.45, 2.75) is 66.7 Å². The van der Waals surface area contributed by atoms with Crippen LogP contribution in [0.4, 0.5) is 0 Å². The van der Waals surface area contributed by atoms with Crippen LogP contribution in [0.25, 0.3) is 0 Å². The number of rotatable bonds is 5. The van der Waals surface area contributed by atoms with E-state index in [9.17, 15) is 4.79 Å². The molecule has 172 valence electrons. The molecule has 0 amide bonds. The Balaban J connectivity index is 1.90. The largest absolute Gasteiger partial charge is 0.465 e. The fourth-order valence-electron chi connectivity index (χ4n) is 3.98. The van der Waals surface area contributed by atoms with E-state index in [0.717, 1.165) is 11.1 Å². The summed E-state index contributed by atoms with van der Waals surface area (Å²) >= 11 is 0. The van der Waals surface area contributed by atoms with E-state index in [1.165, 1.54) is 0 Å². The normalized spacial score (nSPS) is 24.1. The minimum atomic E-state index is -0.582. The second kappa shape index (κ2) is 9.21. The Morgan fingerprint density at radius 3 is 2.32 bits per heavy atom. The van der Waals surface area contributed by atoms with Crippen LogP contribution in [0.1, 0.15) is 54.0 Å². The molecular weight excluding hydrogens is 394 g/mol. The number of carbonyl (C=O) groups excluding carboxylic acids is 1. The third-order valence-electron chi connectivity index (χ3n) is 5.44. The molecule has 2 saturated heterocycles. The molecule has 0 unspecified atom stereocenters. The van der Waals surface area contributed by atoms with Crippen molar-refractivity contribution in [2.24, 2.45) is 17.3 Å². The van der Waals surface area contributed by atoms with Gasteiger partial charge in [-0.05, 0) is 32.3 Å². The molecule has 0 radical (unpaired) electrons. The second-order valence-corrected chi connectivity index (χ2v) is 10.6. The van der Waals surface area contributed by atoms with E-state index < -0.39 is 11.6 Å². The lowest BCUT2D eigenvalue weighted by atomic mass is 9.85. The van der Waals surface area contributed by atoms with E-state index in [2.05, 4.69) is 27.7 Å². The fraction of sp³-hybridized carbons (Fsp3) is 0.640. The van der Waals surface area contributed by atoms with Gasteiger partial charge in [0, 0.05) is 16.9 Å². The van der Waals surface area contributed by atoms with Crippen LogP contribution in [-0.2, 0) is 30.4 Å². The summed E-state index contributed by atoms with van der Waals surface area (Å²) in [6.07, 6.45) is 0. The molecule has 2 atom stereocenters. The van der Waals surface area contributed by atoms with Crippen LogP contribution >= 0.6 is 0 Å². The van der Waals surface area contributed by atoms with Gasteiger partial charge in [0.15, 0.2) is 0 Å². The molecule has 0 spiro atoms. The molecule has 0 N–H and O–H groups in total. The highest BCUT2D eigenvalue weighted by Gasteiger charge is 2.49. The zero-order chi connectivity index (χ0) is 22.8. The molecule has 0 aliphatic carbocycles. The van der Waals surface area contributed by atoms with Crippen molar-refractivity contribution >= 4 is 5.97 Å². The lowest BCUT2D eigenvalue weighted by Crippen LogP contribution is -2.44. The molecule has 2 aliphatic rings. The maximum Gasteiger partial charge on any atom is 0.326 e. The van der Waals surface area contributed by atoms with E-state index >= 15 is 0 Å². The van der Waals surface area contributed by atoms with Crippen LogP contribution in [0.3, 0.4) is 0 Å². The Hall–Kier alpha value is -2.05. The van der Waals surface area contributed by atoms with Gasteiger partial charge in [0.25, 0.3) is 5.95 Å². The summed E-state index contributed by atoms with van der Waals surface area (Å²) in [6, 6.07) is 9.38. The van der Waals surface area contributed by atoms with Crippen LogP contribution in [0.15, 0.2) is 41.9 Å². The topological polar surface area (TPSA) is 57.2 Å². The van der Waals surface area contributed by atoms with Gasteiger partial charge in [-0.3, -0.25) is 9.63 Å². The van der Waals surface area contributed by atoms with Crippen LogP contribution in [-0.4, -0.2) is 42.4 Å². The van der Waals surface area contributed by atoms with Crippen LogP contribution < -0.4 is 0 Å². The highest BCUT2D eigenvalue weighted by atomic mass is 16.7. The first-order valence-corrected chi connectivity index (χ1v) is 11.1. The number of nitrogens with zero attached hydrogens (tertiary/aromatic N) is 1. The van der Waals surface area contributed by atoms with Crippen LogP contribution in [0.2, 0.25) is 0 Å². The third-order valence-corrected chi connectivity index (χ3v) is 5.44. The van der Waals surface area contributed by atoms with Gasteiger partial charge < -0.3 is 14.2 Å². The van der Waals surface area contributed by atoms with E-state index in [1.54, 1.807) is 5.06 Å². The third kappa shape index (κ3) is 6.01. The molecular formula is C25H37NO5. The SMILES string of the molecule is CC(C)[C@@H]1C(=C2OCC(C)(C)CO2)CN(OCc2ccccc2)[C@H]1C(=O)OC(C)(C)C. The molecule has 3 rings (SSSR count). The molecule has 6 nitrogen and oxygen atoms in total. The average molecular weight is 432 g/mol. The minimum Gasteiger partial charge on any atom is -0.465 e. The molecule has 2 heterocycles. The van der Waals surface area contributed by atoms with Gasteiger partial charge in [-0.2, -0.15) is 5.06 Å². The molecule has 6 heteroatoms. The number of hydrogen-bond donors (Lipinski definition) is 0. The van der Waals surface area contributed by atoms with Gasteiger partial charge in [-0.25, -0.2) is 0 Å². The van der Waals surface area contributed by atoms with E-state index in [-0.39, 0.29) is 23.2 Å². The predicted octanol–water partition coefficient (Wildman–Crippen LogP) is 4.70. The first-order valence-electron chi connectivity index (χ1n) is 11.1. The molecule has 2 fully saturated rings. The molecule has 0 bridgehead atoms. The van der Waals surface area contributed by atoms with Gasteiger partial charge in [-0.1, -0.05) is 58.0 Å². The van der Waals surface area contributed by atoms with E-state index in [0.29, 0.717) is 32.3 Å². The van der Waals surface area contributed by atoms with Crippen molar-refractivity contribution in [3.63, 3.8) is 0 Å². The molecule has 1 aromatic carbocycles. The van der Waals surface area contributed by atoms with Gasteiger partial charge >= 0.3 is 5.97 Å². The van der Waals surface area contributed by atoms with Crippen molar-refractivity contribution in [3.8, 4) is 0 Å². The number of hydrogen-bond acceptors (Lipinski definition) is 6. The predicted molar refractivity (Wildman–Crippen MR) is 119 cm³/mol. The Morgan fingerprint density at radius 1 is 1.16 bits per heavy atom. The standard InChI is InChI=1S/C25H37NO5/c1-17(2)20-19(23-28-15-25(6,7)16-29-23)13-26(21(20)22(27)31-24(3,4)5)30-14-18-11-9-8-10-12-18/h8-12,17,20-21H,13-16H2,1-7H3/t20-,21-/m1/s1.